The average Bonchev–Trinajstić information content (AvgIpc) is 2.73. The molecule has 0 aliphatic carbocycles. The second kappa shape index (κ2) is 11.3. The van der Waals surface area contributed by atoms with Crippen LogP contribution in [0.4, 0.5) is 0 Å². The van der Waals surface area contributed by atoms with E-state index in [0.717, 1.165) is 13.1 Å². The van der Waals surface area contributed by atoms with Crippen molar-refractivity contribution in [2.45, 2.75) is 45.4 Å². The van der Waals surface area contributed by atoms with Crippen molar-refractivity contribution < 1.29 is 31.4 Å². The molecule has 0 aromatic heterocycles. The average molecular weight is 335 g/mol. The molecule has 19 heavy (non-hydrogen) atoms. The van der Waals surface area contributed by atoms with Gasteiger partial charge in [0.1, 0.15) is 12.7 Å². The third-order valence-electron chi connectivity index (χ3n) is 3.12. The Morgan fingerprint density at radius 2 is 1.95 bits per heavy atom. The second-order valence-corrected chi connectivity index (χ2v) is 5.06. The first kappa shape index (κ1) is 18.4. The maximum Gasteiger partial charge on any atom is 0.325 e. The van der Waals surface area contributed by atoms with Crippen LogP contribution in [-0.2, 0) is 9.53 Å². The van der Waals surface area contributed by atoms with Crippen LogP contribution in [0.2, 0.25) is 0 Å². The maximum absolute atomic E-state index is 11.5. The van der Waals surface area contributed by atoms with Crippen LogP contribution < -0.4 is 21.9 Å². The zero-order valence-corrected chi connectivity index (χ0v) is 13.7. The number of rotatable bonds is 9. The number of ether oxygens (including phenoxy) is 1. The quantitative estimate of drug-likeness (QED) is 0.397. The van der Waals surface area contributed by atoms with E-state index < -0.39 is 0 Å². The van der Waals surface area contributed by atoms with Gasteiger partial charge in [0.15, 0.2) is 6.67 Å². The van der Waals surface area contributed by atoms with E-state index in [4.69, 9.17) is 4.74 Å². The predicted molar refractivity (Wildman–Crippen MR) is 71.9 cm³/mol. The van der Waals surface area contributed by atoms with Gasteiger partial charge in [-0.15, -0.1) is 0 Å². The van der Waals surface area contributed by atoms with Crippen LogP contribution >= 0.6 is 0 Å². The molecule has 1 heterocycles. The summed E-state index contributed by atoms with van der Waals surface area (Å²) in [6.07, 6.45) is 11.3. The fourth-order valence-electron chi connectivity index (χ4n) is 2.05. The van der Waals surface area contributed by atoms with E-state index in [2.05, 4.69) is 14.0 Å². The Morgan fingerprint density at radius 3 is 2.58 bits per heavy atom. The zero-order chi connectivity index (χ0) is 13.2. The minimum atomic E-state index is -0.108. The van der Waals surface area contributed by atoms with Gasteiger partial charge in [0.2, 0.25) is 0 Å². The molecule has 0 amide bonds. The predicted octanol–water partition coefficient (Wildman–Crippen LogP) is -1.85. The van der Waals surface area contributed by atoms with Crippen molar-refractivity contribution in [2.75, 3.05) is 26.9 Å². The summed E-state index contributed by atoms with van der Waals surface area (Å²) in [4.78, 5) is 14.8. The van der Waals surface area contributed by atoms with E-state index in [0.29, 0.717) is 13.2 Å². The lowest BCUT2D eigenvalue weighted by molar-refractivity contribution is -0.826. The van der Waals surface area contributed by atoms with Gasteiger partial charge in [-0.3, -0.25) is 9.69 Å². The van der Waals surface area contributed by atoms with Gasteiger partial charge in [0, 0.05) is 0 Å². The van der Waals surface area contributed by atoms with Crippen molar-refractivity contribution in [1.82, 2.24) is 4.90 Å². The summed E-state index contributed by atoms with van der Waals surface area (Å²) in [6.45, 7) is 4.02. The van der Waals surface area contributed by atoms with E-state index in [-0.39, 0.29) is 23.0 Å². The van der Waals surface area contributed by atoms with E-state index in [1.54, 1.807) is 0 Å². The normalized spacial score (nSPS) is 17.4. The first-order valence-electron chi connectivity index (χ1n) is 7.12. The topological polar surface area (TPSA) is 34.0 Å². The molecule has 1 atom stereocenters. The summed E-state index contributed by atoms with van der Waals surface area (Å²) < 4.78 is 5.22. The molecular weight excluding hydrogens is 308 g/mol. The first-order valence-corrected chi connectivity index (χ1v) is 7.12. The van der Waals surface area contributed by atoms with Crippen molar-refractivity contribution in [3.8, 4) is 0 Å². The summed E-state index contributed by atoms with van der Waals surface area (Å²) >= 11 is 0. The largest absolute Gasteiger partial charge is 1.00 e. The molecule has 0 radical (unpaired) electrons. The molecule has 1 aliphatic rings. The van der Waals surface area contributed by atoms with Gasteiger partial charge in [0.25, 0.3) is 0 Å². The molecule has 112 valence electrons. The van der Waals surface area contributed by atoms with Crippen LogP contribution in [0, 0.1) is 0 Å². The summed E-state index contributed by atoms with van der Waals surface area (Å²) in [5.41, 5.74) is 0. The minimum absolute atomic E-state index is 0. The monoisotopic (exact) mass is 334 g/mol. The summed E-state index contributed by atoms with van der Waals surface area (Å²) in [7, 11) is 2.07. The number of carbonyl (C=O) groups is 1. The Hall–Kier alpha value is -0.550. The van der Waals surface area contributed by atoms with Crippen LogP contribution in [0.1, 0.15) is 45.4 Å². The van der Waals surface area contributed by atoms with Gasteiger partial charge >= 0.3 is 5.97 Å². The molecule has 0 aromatic carbocycles. The number of unbranched alkanes of at least 4 members (excludes halogenated alkanes) is 5. The molecule has 4 nitrogen and oxygen atoms in total. The van der Waals surface area contributed by atoms with Crippen molar-refractivity contribution in [2.24, 2.45) is 0 Å². The third-order valence-corrected chi connectivity index (χ3v) is 3.12. The van der Waals surface area contributed by atoms with Crippen molar-refractivity contribution >= 4 is 5.97 Å². The lowest BCUT2D eigenvalue weighted by Gasteiger charge is -2.13. The zero-order valence-electron chi connectivity index (χ0n) is 12.2. The van der Waals surface area contributed by atoms with Gasteiger partial charge in [0.05, 0.1) is 19.9 Å². The van der Waals surface area contributed by atoms with Crippen molar-refractivity contribution in [3.63, 3.8) is 0 Å². The number of carbonyl (C=O) groups excluding carboxylic acids is 1. The highest BCUT2D eigenvalue weighted by Crippen LogP contribution is 2.05. The van der Waals surface area contributed by atoms with Gasteiger partial charge in [-0.1, -0.05) is 39.0 Å². The minimum Gasteiger partial charge on any atom is -1.00 e. The van der Waals surface area contributed by atoms with E-state index in [9.17, 15) is 4.79 Å². The molecule has 0 aromatic rings. The summed E-state index contributed by atoms with van der Waals surface area (Å²) in [6, 6.07) is 0. The molecule has 0 saturated carbocycles. The number of nitrogens with one attached hydrogen (secondary N) is 1. The number of esters is 1. The molecule has 0 saturated heterocycles. The number of hydrogen-bond acceptors (Lipinski definition) is 3. The molecule has 1 aliphatic heterocycles. The van der Waals surface area contributed by atoms with E-state index in [1.165, 1.54) is 37.0 Å². The molecule has 1 unspecified atom stereocenters. The van der Waals surface area contributed by atoms with Gasteiger partial charge in [-0.25, -0.2) is 0 Å². The van der Waals surface area contributed by atoms with Crippen LogP contribution in [0.5, 0.6) is 0 Å². The molecule has 0 fully saturated rings. The Labute approximate surface area is 127 Å². The first-order chi connectivity index (χ1) is 8.72. The van der Waals surface area contributed by atoms with Crippen LogP contribution in [0.3, 0.4) is 0 Å². The van der Waals surface area contributed by atoms with Crippen molar-refractivity contribution in [1.29, 1.82) is 0 Å². The van der Waals surface area contributed by atoms with E-state index >= 15 is 0 Å². The maximum atomic E-state index is 11.5. The van der Waals surface area contributed by atoms with Crippen LogP contribution in [0.15, 0.2) is 12.4 Å². The van der Waals surface area contributed by atoms with Crippen LogP contribution in [0.25, 0.3) is 0 Å². The second-order valence-electron chi connectivity index (χ2n) is 5.06. The molecule has 0 bridgehead atoms. The molecule has 1 N–H and O–H groups in total. The number of halogens is 1. The van der Waals surface area contributed by atoms with Gasteiger partial charge < -0.3 is 26.6 Å². The standard InChI is InChI=1S/C14H26N2O2.BrH/c1-3-4-5-6-7-8-11-18-14(17)12-16-10-9-15(2)13-16;/h9-10H,3-8,11-13H2,1-2H3;1H. The van der Waals surface area contributed by atoms with Crippen molar-refractivity contribution in [3.05, 3.63) is 12.4 Å². The highest BCUT2D eigenvalue weighted by atomic mass is 79.9. The highest BCUT2D eigenvalue weighted by Gasteiger charge is 2.16. The Morgan fingerprint density at radius 1 is 1.26 bits per heavy atom. The smallest absolute Gasteiger partial charge is 0.325 e. The van der Waals surface area contributed by atoms with Crippen LogP contribution in [-0.4, -0.2) is 37.7 Å². The number of hydrogen-bond donors (Lipinski definition) is 1. The Bertz CT molecular complexity index is 272. The molecule has 0 spiro atoms. The highest BCUT2D eigenvalue weighted by molar-refractivity contribution is 5.71. The van der Waals surface area contributed by atoms with E-state index in [1.807, 2.05) is 17.3 Å². The molecular formula is C14H27BrN2O2. The number of quaternary nitrogens is 1. The fraction of sp³-hybridized carbons (Fsp3) is 0.786. The lowest BCUT2D eigenvalue weighted by atomic mass is 10.1. The number of nitrogens with zero attached hydrogens (tertiary/aromatic N) is 1. The Balaban J connectivity index is 0.00000324. The fourth-order valence-corrected chi connectivity index (χ4v) is 2.05. The SMILES string of the molecule is CCCCCCCCOC(=O)CN1C=C[NH+](C)C1.[Br-]. The lowest BCUT2D eigenvalue weighted by Crippen LogP contribution is -3.03. The van der Waals surface area contributed by atoms with Gasteiger partial charge in [-0.2, -0.15) is 0 Å². The summed E-state index contributed by atoms with van der Waals surface area (Å²) in [5.74, 6) is -0.108. The summed E-state index contributed by atoms with van der Waals surface area (Å²) in [5, 5.41) is 0. The molecule has 1 rings (SSSR count). The van der Waals surface area contributed by atoms with Gasteiger partial charge in [-0.05, 0) is 6.42 Å². The molecule has 5 heteroatoms. The third kappa shape index (κ3) is 9.05. The Kier molecular flexibility index (Phi) is 11.0.